The molecule has 0 aliphatic carbocycles. The first kappa shape index (κ1) is 22.5. The number of carbonyl (C=O) groups is 1. The minimum atomic E-state index is -0.524. The van der Waals surface area contributed by atoms with Crippen molar-refractivity contribution in [2.24, 2.45) is 0 Å². The highest BCUT2D eigenvalue weighted by Crippen LogP contribution is 2.35. The molecule has 0 aliphatic heterocycles. The van der Waals surface area contributed by atoms with Crippen molar-refractivity contribution in [2.45, 2.75) is 30.4 Å². The summed E-state index contributed by atoms with van der Waals surface area (Å²) < 4.78 is 3.29. The zero-order chi connectivity index (χ0) is 24.7. The molecule has 35 heavy (non-hydrogen) atoms. The number of hydrogen-bond donors (Lipinski definition) is 0. The second-order valence-corrected chi connectivity index (χ2v) is 9.12. The van der Waals surface area contributed by atoms with Gasteiger partial charge in [-0.1, -0.05) is 42.0 Å². The predicted molar refractivity (Wildman–Crippen MR) is 132 cm³/mol. The molecule has 0 bridgehead atoms. The summed E-state index contributed by atoms with van der Waals surface area (Å²) in [6, 6.07) is 19.3. The van der Waals surface area contributed by atoms with Gasteiger partial charge in [0.15, 0.2) is 5.78 Å². The molecule has 3 aromatic carbocycles. The second-order valence-electron chi connectivity index (χ2n) is 8.11. The van der Waals surface area contributed by atoms with Gasteiger partial charge in [-0.3, -0.25) is 28.7 Å². The Morgan fingerprint density at radius 1 is 1.06 bits per heavy atom. The maximum Gasteiger partial charge on any atom is 0.284 e. The number of carbonyl (C=O) groups excluding carboxylic acids is 1. The molecule has 2 heterocycles. The molecule has 0 saturated heterocycles. The lowest BCUT2D eigenvalue weighted by Gasteiger charge is -2.12. The van der Waals surface area contributed by atoms with E-state index in [4.69, 9.17) is 0 Å². The molecule has 5 rings (SSSR count). The number of aromatic nitrogens is 4. The van der Waals surface area contributed by atoms with Gasteiger partial charge < -0.3 is 0 Å². The molecule has 0 saturated carbocycles. The number of nitro benzene ring substituents is 1. The third-order valence-corrected chi connectivity index (χ3v) is 6.71. The molecule has 0 spiro atoms. The molecule has 0 radical (unpaired) electrons. The average Bonchev–Trinajstić information content (AvgIpc) is 3.26. The molecule has 10 heteroatoms. The fourth-order valence-corrected chi connectivity index (χ4v) is 4.81. The molecule has 0 N–H and O–H groups in total. The zero-order valence-electron chi connectivity index (χ0n) is 18.8. The summed E-state index contributed by atoms with van der Waals surface area (Å²) in [7, 11) is 0. The van der Waals surface area contributed by atoms with Crippen LogP contribution in [-0.4, -0.2) is 29.9 Å². The lowest BCUT2D eigenvalue weighted by Crippen LogP contribution is -2.24. The van der Waals surface area contributed by atoms with Crippen LogP contribution in [0.25, 0.3) is 16.7 Å². The molecule has 5 aromatic rings. The maximum atomic E-state index is 13.4. The molecule has 0 aliphatic rings. The largest absolute Gasteiger partial charge is 0.295 e. The molecule has 2 aromatic heterocycles. The monoisotopic (exact) mass is 485 g/mol. The highest BCUT2D eigenvalue weighted by atomic mass is 32.2. The third kappa shape index (κ3) is 4.08. The van der Waals surface area contributed by atoms with Gasteiger partial charge in [0.1, 0.15) is 0 Å². The van der Waals surface area contributed by atoms with E-state index in [1.807, 2.05) is 37.3 Å². The number of para-hydroxylation sites is 1. The number of hydrogen-bond acceptors (Lipinski definition) is 7. The van der Waals surface area contributed by atoms with Crippen LogP contribution in [0.3, 0.4) is 0 Å². The van der Waals surface area contributed by atoms with Gasteiger partial charge >= 0.3 is 0 Å². The summed E-state index contributed by atoms with van der Waals surface area (Å²) >= 11 is 1.06. The number of nitro groups is 1. The molecule has 0 atom stereocenters. The van der Waals surface area contributed by atoms with Crippen LogP contribution in [0.1, 0.15) is 28.4 Å². The Labute approximate surface area is 203 Å². The van der Waals surface area contributed by atoms with E-state index in [2.05, 4.69) is 10.2 Å². The van der Waals surface area contributed by atoms with Crippen LogP contribution in [0.4, 0.5) is 5.69 Å². The molecular weight excluding hydrogens is 466 g/mol. The molecule has 0 fully saturated rings. The smallest absolute Gasteiger partial charge is 0.284 e. The molecule has 0 amide bonds. The minimum absolute atomic E-state index is 0.197. The standard InChI is InChI=1S/C25H19N5O4S/c1-15-7-9-17(10-8-15)14-28-23(32)19-5-3-4-6-20(19)29-24(28)26-27-25(29)35-22-12-11-18(16(2)31)13-21(22)30(33)34/h3-13H,14H2,1-2H3. The Kier molecular flexibility index (Phi) is 5.65. The molecule has 174 valence electrons. The van der Waals surface area contributed by atoms with E-state index in [1.165, 1.54) is 19.1 Å². The third-order valence-electron chi connectivity index (χ3n) is 5.70. The number of Topliss-reactive ketones (excluding diaryl/α,β-unsaturated/α-hetero) is 1. The highest BCUT2D eigenvalue weighted by molar-refractivity contribution is 7.99. The van der Waals surface area contributed by atoms with Gasteiger partial charge in [0.2, 0.25) is 10.9 Å². The SMILES string of the molecule is CC(=O)c1ccc(Sc2nnc3n(Cc4ccc(C)cc4)c(=O)c4ccccc4n23)c([N+](=O)[O-])c1. The van der Waals surface area contributed by atoms with Gasteiger partial charge in [0.25, 0.3) is 11.2 Å². The Balaban J connectivity index is 1.70. The van der Waals surface area contributed by atoms with Crippen molar-refractivity contribution in [1.82, 2.24) is 19.2 Å². The lowest BCUT2D eigenvalue weighted by atomic mass is 10.1. The Morgan fingerprint density at radius 2 is 1.80 bits per heavy atom. The first-order chi connectivity index (χ1) is 16.8. The average molecular weight is 486 g/mol. The van der Waals surface area contributed by atoms with Crippen LogP contribution in [0, 0.1) is 17.0 Å². The van der Waals surface area contributed by atoms with Gasteiger partial charge in [-0.25, -0.2) is 0 Å². The van der Waals surface area contributed by atoms with Crippen LogP contribution < -0.4 is 5.56 Å². The number of aryl methyl sites for hydroxylation is 1. The number of benzene rings is 3. The van der Waals surface area contributed by atoms with Crippen molar-refractivity contribution in [1.29, 1.82) is 0 Å². The lowest BCUT2D eigenvalue weighted by molar-refractivity contribution is -0.387. The summed E-state index contributed by atoms with van der Waals surface area (Å²) in [5.41, 5.74) is 2.50. The van der Waals surface area contributed by atoms with Crippen molar-refractivity contribution >= 4 is 39.9 Å². The van der Waals surface area contributed by atoms with Gasteiger partial charge in [0, 0.05) is 11.6 Å². The van der Waals surface area contributed by atoms with Gasteiger partial charge in [0.05, 0.1) is 27.3 Å². The van der Waals surface area contributed by atoms with Crippen molar-refractivity contribution < 1.29 is 9.72 Å². The molecule has 0 unspecified atom stereocenters. The van der Waals surface area contributed by atoms with E-state index in [1.54, 1.807) is 33.2 Å². The van der Waals surface area contributed by atoms with E-state index in [0.29, 0.717) is 33.3 Å². The van der Waals surface area contributed by atoms with Crippen LogP contribution in [0.2, 0.25) is 0 Å². The van der Waals surface area contributed by atoms with Crippen LogP contribution in [0.5, 0.6) is 0 Å². The predicted octanol–water partition coefficient (Wildman–Crippen LogP) is 4.66. The number of ketones is 1. The normalized spacial score (nSPS) is 11.3. The van der Waals surface area contributed by atoms with E-state index < -0.39 is 4.92 Å². The van der Waals surface area contributed by atoms with Gasteiger partial charge in [-0.15, -0.1) is 10.2 Å². The maximum absolute atomic E-state index is 13.4. The van der Waals surface area contributed by atoms with Gasteiger partial charge in [-0.2, -0.15) is 0 Å². The quantitative estimate of drug-likeness (QED) is 0.195. The van der Waals surface area contributed by atoms with E-state index in [0.717, 1.165) is 22.9 Å². The van der Waals surface area contributed by atoms with Crippen LogP contribution in [0.15, 0.2) is 81.6 Å². The van der Waals surface area contributed by atoms with Crippen molar-refractivity contribution in [3.8, 4) is 0 Å². The fraction of sp³-hybridized carbons (Fsp3) is 0.120. The first-order valence-corrected chi connectivity index (χ1v) is 11.5. The van der Waals surface area contributed by atoms with Crippen LogP contribution in [-0.2, 0) is 6.54 Å². The number of fused-ring (bicyclic) bond motifs is 3. The Morgan fingerprint density at radius 3 is 2.51 bits per heavy atom. The minimum Gasteiger partial charge on any atom is -0.295 e. The Hall–Kier alpha value is -4.31. The van der Waals surface area contributed by atoms with Crippen LogP contribution >= 0.6 is 11.8 Å². The van der Waals surface area contributed by atoms with E-state index in [9.17, 15) is 19.7 Å². The van der Waals surface area contributed by atoms with Crippen molar-refractivity contribution in [2.75, 3.05) is 0 Å². The van der Waals surface area contributed by atoms with E-state index >= 15 is 0 Å². The summed E-state index contributed by atoms with van der Waals surface area (Å²) in [5, 5.41) is 21.1. The van der Waals surface area contributed by atoms with E-state index in [-0.39, 0.29) is 22.6 Å². The van der Waals surface area contributed by atoms with Crippen molar-refractivity contribution in [3.05, 3.63) is 104 Å². The number of rotatable bonds is 6. The highest BCUT2D eigenvalue weighted by Gasteiger charge is 2.22. The zero-order valence-corrected chi connectivity index (χ0v) is 19.7. The molecule has 9 nitrogen and oxygen atoms in total. The summed E-state index contributed by atoms with van der Waals surface area (Å²) in [6.07, 6.45) is 0. The summed E-state index contributed by atoms with van der Waals surface area (Å²) in [5.74, 6) is 0.0727. The fourth-order valence-electron chi connectivity index (χ4n) is 3.88. The van der Waals surface area contributed by atoms with Crippen molar-refractivity contribution in [3.63, 3.8) is 0 Å². The topological polar surface area (TPSA) is 112 Å². The Bertz CT molecular complexity index is 1690. The second kappa shape index (κ2) is 8.80. The van der Waals surface area contributed by atoms with Gasteiger partial charge in [-0.05, 0) is 55.4 Å². The summed E-state index contributed by atoms with van der Waals surface area (Å²) in [4.78, 5) is 36.6. The molecular formula is C25H19N5O4S. The first-order valence-electron chi connectivity index (χ1n) is 10.7. The summed E-state index contributed by atoms with van der Waals surface area (Å²) in [6.45, 7) is 3.65. The number of nitrogens with zero attached hydrogens (tertiary/aromatic N) is 5.